The molecule has 1 aromatic rings. The molecule has 0 atom stereocenters. The summed E-state index contributed by atoms with van der Waals surface area (Å²) >= 11 is 8.15. The first-order valence-corrected chi connectivity index (χ1v) is 6.48. The number of carbonyl (C=O) groups is 1. The van der Waals surface area contributed by atoms with Crippen LogP contribution in [-0.2, 0) is 0 Å². The van der Waals surface area contributed by atoms with Crippen molar-refractivity contribution in [2.75, 3.05) is 20.1 Å². The smallest absolute Gasteiger partial charge is 0.252 e. The molecule has 0 aliphatic rings. The molecule has 0 heterocycles. The Kier molecular flexibility index (Phi) is 6.08. The quantitative estimate of drug-likeness (QED) is 0.630. The molecule has 88 valence electrons. The summed E-state index contributed by atoms with van der Waals surface area (Å²) in [6.07, 6.45) is 0.907. The molecule has 0 saturated heterocycles. The van der Waals surface area contributed by atoms with Crippen molar-refractivity contribution in [2.24, 2.45) is 0 Å². The zero-order chi connectivity index (χ0) is 12.0. The Hall–Kier alpha value is -0.330. The summed E-state index contributed by atoms with van der Waals surface area (Å²) < 4.78 is 1.02. The predicted molar refractivity (Wildman–Crippen MR) is 75.0 cm³/mol. The van der Waals surface area contributed by atoms with Crippen molar-refractivity contribution < 1.29 is 4.79 Å². The molecule has 0 aromatic heterocycles. The van der Waals surface area contributed by atoms with E-state index in [2.05, 4.69) is 33.2 Å². The lowest BCUT2D eigenvalue weighted by Gasteiger charge is -2.06. The van der Waals surface area contributed by atoms with E-state index in [1.807, 2.05) is 13.1 Å². The van der Waals surface area contributed by atoms with Crippen molar-refractivity contribution in [1.82, 2.24) is 10.6 Å². The molecule has 16 heavy (non-hydrogen) atoms. The molecule has 3 nitrogen and oxygen atoms in total. The third-order valence-electron chi connectivity index (χ3n) is 2.06. The Bertz CT molecular complexity index is 371. The Morgan fingerprint density at radius 3 is 2.81 bits per heavy atom. The molecule has 5 heteroatoms. The molecule has 0 unspecified atom stereocenters. The molecule has 1 aromatic carbocycles. The van der Waals surface area contributed by atoms with Crippen LogP contribution in [0.2, 0.25) is 5.02 Å². The van der Waals surface area contributed by atoms with Gasteiger partial charge in [-0.2, -0.15) is 0 Å². The minimum Gasteiger partial charge on any atom is -0.352 e. The lowest BCUT2D eigenvalue weighted by Crippen LogP contribution is -2.26. The predicted octanol–water partition coefficient (Wildman–Crippen LogP) is 2.28. The maximum Gasteiger partial charge on any atom is 0.252 e. The molecule has 0 saturated carbocycles. The van der Waals surface area contributed by atoms with Crippen LogP contribution in [0, 0.1) is 3.57 Å². The van der Waals surface area contributed by atoms with Gasteiger partial charge in [-0.15, -0.1) is 0 Å². The molecule has 0 bridgehead atoms. The van der Waals surface area contributed by atoms with Gasteiger partial charge in [0.25, 0.3) is 5.91 Å². The van der Waals surface area contributed by atoms with Crippen molar-refractivity contribution in [3.05, 3.63) is 32.4 Å². The third kappa shape index (κ3) is 4.27. The summed E-state index contributed by atoms with van der Waals surface area (Å²) in [7, 11) is 1.89. The third-order valence-corrected chi connectivity index (χ3v) is 3.05. The van der Waals surface area contributed by atoms with Gasteiger partial charge in [0.1, 0.15) is 0 Å². The maximum absolute atomic E-state index is 11.7. The average Bonchev–Trinajstić information content (AvgIpc) is 2.24. The van der Waals surface area contributed by atoms with Crippen molar-refractivity contribution >= 4 is 40.1 Å². The highest BCUT2D eigenvalue weighted by Gasteiger charge is 2.09. The van der Waals surface area contributed by atoms with E-state index in [4.69, 9.17) is 11.6 Å². The number of benzene rings is 1. The minimum atomic E-state index is -0.113. The summed E-state index contributed by atoms with van der Waals surface area (Å²) in [4.78, 5) is 11.7. The van der Waals surface area contributed by atoms with E-state index in [-0.39, 0.29) is 5.91 Å². The molecule has 0 spiro atoms. The zero-order valence-corrected chi connectivity index (χ0v) is 11.9. The summed E-state index contributed by atoms with van der Waals surface area (Å²) in [5, 5.41) is 6.35. The summed E-state index contributed by atoms with van der Waals surface area (Å²) in [6, 6.07) is 5.40. The van der Waals surface area contributed by atoms with Crippen LogP contribution in [0.3, 0.4) is 0 Å². The van der Waals surface area contributed by atoms with Crippen LogP contribution < -0.4 is 10.6 Å². The molecule has 1 rings (SSSR count). The number of hydrogen-bond acceptors (Lipinski definition) is 2. The number of amides is 1. The molecule has 0 fully saturated rings. The van der Waals surface area contributed by atoms with Crippen molar-refractivity contribution in [3.63, 3.8) is 0 Å². The van der Waals surface area contributed by atoms with Crippen LogP contribution >= 0.6 is 34.2 Å². The fourth-order valence-electron chi connectivity index (χ4n) is 1.24. The number of carbonyl (C=O) groups excluding carboxylic acids is 1. The van der Waals surface area contributed by atoms with Crippen LogP contribution in [0.25, 0.3) is 0 Å². The van der Waals surface area contributed by atoms with E-state index in [9.17, 15) is 4.79 Å². The van der Waals surface area contributed by atoms with E-state index < -0.39 is 0 Å². The average molecular weight is 353 g/mol. The Morgan fingerprint density at radius 2 is 2.19 bits per heavy atom. The van der Waals surface area contributed by atoms with Gasteiger partial charge in [-0.25, -0.2) is 0 Å². The van der Waals surface area contributed by atoms with Crippen LogP contribution in [0.15, 0.2) is 18.2 Å². The maximum atomic E-state index is 11.7. The first kappa shape index (κ1) is 13.7. The highest BCUT2D eigenvalue weighted by Crippen LogP contribution is 2.18. The van der Waals surface area contributed by atoms with Gasteiger partial charge in [-0.1, -0.05) is 11.6 Å². The second-order valence-corrected chi connectivity index (χ2v) is 4.99. The SMILES string of the molecule is CNCCCNC(=O)c1ccc(I)cc1Cl. The number of rotatable bonds is 5. The first-order valence-electron chi connectivity index (χ1n) is 5.03. The molecular formula is C11H14ClIN2O. The lowest BCUT2D eigenvalue weighted by atomic mass is 10.2. The first-order chi connectivity index (χ1) is 7.65. The van der Waals surface area contributed by atoms with Gasteiger partial charge in [0.2, 0.25) is 0 Å². The topological polar surface area (TPSA) is 41.1 Å². The van der Waals surface area contributed by atoms with Crippen LogP contribution in [-0.4, -0.2) is 26.0 Å². The largest absolute Gasteiger partial charge is 0.352 e. The Morgan fingerprint density at radius 1 is 1.44 bits per heavy atom. The van der Waals surface area contributed by atoms with Crippen molar-refractivity contribution in [2.45, 2.75) is 6.42 Å². The van der Waals surface area contributed by atoms with Gasteiger partial charge in [0.15, 0.2) is 0 Å². The number of hydrogen-bond donors (Lipinski definition) is 2. The van der Waals surface area contributed by atoms with Gasteiger partial charge >= 0.3 is 0 Å². The lowest BCUT2D eigenvalue weighted by molar-refractivity contribution is 0.0953. The second-order valence-electron chi connectivity index (χ2n) is 3.34. The molecule has 2 N–H and O–H groups in total. The van der Waals surface area contributed by atoms with Crippen LogP contribution in [0.4, 0.5) is 0 Å². The van der Waals surface area contributed by atoms with E-state index in [1.54, 1.807) is 12.1 Å². The van der Waals surface area contributed by atoms with Crippen LogP contribution in [0.5, 0.6) is 0 Å². The van der Waals surface area contributed by atoms with E-state index in [1.165, 1.54) is 0 Å². The fourth-order valence-corrected chi connectivity index (χ4v) is 2.18. The van der Waals surface area contributed by atoms with Gasteiger partial charge < -0.3 is 10.6 Å². The van der Waals surface area contributed by atoms with Gasteiger partial charge in [-0.3, -0.25) is 4.79 Å². The molecule has 1 amide bonds. The minimum absolute atomic E-state index is 0.113. The highest BCUT2D eigenvalue weighted by molar-refractivity contribution is 14.1. The van der Waals surface area contributed by atoms with E-state index in [0.29, 0.717) is 17.1 Å². The van der Waals surface area contributed by atoms with Gasteiger partial charge in [-0.05, 0) is 60.8 Å². The fraction of sp³-hybridized carbons (Fsp3) is 0.364. The summed E-state index contributed by atoms with van der Waals surface area (Å²) in [6.45, 7) is 1.54. The zero-order valence-electron chi connectivity index (χ0n) is 9.02. The summed E-state index contributed by atoms with van der Waals surface area (Å²) in [5.41, 5.74) is 0.534. The van der Waals surface area contributed by atoms with Crippen molar-refractivity contribution in [1.29, 1.82) is 0 Å². The van der Waals surface area contributed by atoms with Crippen LogP contribution in [0.1, 0.15) is 16.8 Å². The van der Waals surface area contributed by atoms with E-state index in [0.717, 1.165) is 16.5 Å². The normalized spacial score (nSPS) is 10.2. The molecule has 0 aliphatic heterocycles. The van der Waals surface area contributed by atoms with Crippen molar-refractivity contribution in [3.8, 4) is 0 Å². The van der Waals surface area contributed by atoms with Gasteiger partial charge in [0, 0.05) is 10.1 Å². The van der Waals surface area contributed by atoms with E-state index >= 15 is 0 Å². The highest BCUT2D eigenvalue weighted by atomic mass is 127. The number of halogens is 2. The Balaban J connectivity index is 2.53. The second kappa shape index (κ2) is 7.09. The number of nitrogens with one attached hydrogen (secondary N) is 2. The summed E-state index contributed by atoms with van der Waals surface area (Å²) in [5.74, 6) is -0.113. The van der Waals surface area contributed by atoms with Gasteiger partial charge in [0.05, 0.1) is 10.6 Å². The standard InChI is InChI=1S/C11H14ClIN2O/c1-14-5-2-6-15-11(16)9-4-3-8(13)7-10(9)12/h3-4,7,14H,2,5-6H2,1H3,(H,15,16). The Labute approximate surface area is 114 Å². The monoisotopic (exact) mass is 352 g/mol. The molecule has 0 aliphatic carbocycles. The molecule has 0 radical (unpaired) electrons. The molecular weight excluding hydrogens is 338 g/mol.